The summed E-state index contributed by atoms with van der Waals surface area (Å²) in [4.78, 5) is 25.0. The molecule has 27 heavy (non-hydrogen) atoms. The Labute approximate surface area is 158 Å². The first-order valence-corrected chi connectivity index (χ1v) is 8.47. The number of benzene rings is 2. The van der Waals surface area contributed by atoms with Crippen LogP contribution >= 0.6 is 0 Å². The van der Waals surface area contributed by atoms with Crippen molar-refractivity contribution in [2.24, 2.45) is 16.9 Å². The van der Waals surface area contributed by atoms with Gasteiger partial charge in [0, 0.05) is 5.69 Å². The second kappa shape index (κ2) is 9.38. The summed E-state index contributed by atoms with van der Waals surface area (Å²) in [6.07, 6.45) is 1.44. The van der Waals surface area contributed by atoms with E-state index >= 15 is 0 Å². The van der Waals surface area contributed by atoms with E-state index in [4.69, 9.17) is 4.74 Å². The van der Waals surface area contributed by atoms with Crippen molar-refractivity contribution >= 4 is 23.7 Å². The zero-order valence-corrected chi connectivity index (χ0v) is 15.5. The predicted molar refractivity (Wildman–Crippen MR) is 104 cm³/mol. The second-order valence-corrected chi connectivity index (χ2v) is 6.27. The standard InChI is InChI=1S/C20H23N3O4/c1-13(2)18(19(25)22-15-6-10-17(27-3)11-7-15)20(26)23-21-12-14-4-8-16(24)9-5-14/h4-13,18,24H,1-3H3,(H,22,25)(H,23,26)/b21-12+. The molecule has 0 saturated carbocycles. The smallest absolute Gasteiger partial charge is 0.252 e. The Kier molecular flexibility index (Phi) is 6.93. The van der Waals surface area contributed by atoms with Crippen molar-refractivity contribution < 1.29 is 19.4 Å². The van der Waals surface area contributed by atoms with Crippen molar-refractivity contribution in [3.05, 3.63) is 54.1 Å². The van der Waals surface area contributed by atoms with Crippen LogP contribution in [0.15, 0.2) is 53.6 Å². The van der Waals surface area contributed by atoms with E-state index in [0.717, 1.165) is 0 Å². The van der Waals surface area contributed by atoms with E-state index in [2.05, 4.69) is 15.8 Å². The highest BCUT2D eigenvalue weighted by Crippen LogP contribution is 2.18. The Bertz CT molecular complexity index is 799. The molecule has 142 valence electrons. The minimum absolute atomic E-state index is 0.145. The number of hydrazone groups is 1. The Hall–Kier alpha value is -3.35. The molecule has 2 amide bonds. The van der Waals surface area contributed by atoms with E-state index in [1.807, 2.05) is 0 Å². The lowest BCUT2D eigenvalue weighted by Crippen LogP contribution is -2.39. The normalized spacial score (nSPS) is 12.0. The summed E-state index contributed by atoms with van der Waals surface area (Å²) < 4.78 is 5.08. The number of anilines is 1. The van der Waals surface area contributed by atoms with Crippen LogP contribution in [-0.2, 0) is 9.59 Å². The van der Waals surface area contributed by atoms with Gasteiger partial charge in [0.2, 0.25) is 5.91 Å². The Balaban J connectivity index is 2.00. The zero-order valence-electron chi connectivity index (χ0n) is 15.5. The molecule has 0 saturated heterocycles. The molecule has 0 bridgehead atoms. The van der Waals surface area contributed by atoms with E-state index < -0.39 is 17.7 Å². The molecule has 7 nitrogen and oxygen atoms in total. The van der Waals surface area contributed by atoms with Crippen LogP contribution < -0.4 is 15.5 Å². The molecule has 0 aliphatic heterocycles. The van der Waals surface area contributed by atoms with Gasteiger partial charge < -0.3 is 15.2 Å². The average molecular weight is 369 g/mol. The average Bonchev–Trinajstić information content (AvgIpc) is 2.64. The number of hydrogen-bond acceptors (Lipinski definition) is 5. The van der Waals surface area contributed by atoms with Crippen molar-refractivity contribution in [1.29, 1.82) is 0 Å². The van der Waals surface area contributed by atoms with Gasteiger partial charge in [-0.15, -0.1) is 0 Å². The second-order valence-electron chi connectivity index (χ2n) is 6.27. The van der Waals surface area contributed by atoms with Gasteiger partial charge in [0.05, 0.1) is 13.3 Å². The van der Waals surface area contributed by atoms with Crippen LogP contribution in [0, 0.1) is 11.8 Å². The highest BCUT2D eigenvalue weighted by atomic mass is 16.5. The number of carbonyl (C=O) groups is 2. The fourth-order valence-corrected chi connectivity index (χ4v) is 2.42. The molecule has 1 unspecified atom stereocenters. The summed E-state index contributed by atoms with van der Waals surface area (Å²) in [6.45, 7) is 3.59. The minimum Gasteiger partial charge on any atom is -0.508 e. The quantitative estimate of drug-likeness (QED) is 0.397. The third-order valence-electron chi connectivity index (χ3n) is 3.87. The zero-order chi connectivity index (χ0) is 19.8. The molecule has 3 N–H and O–H groups in total. The summed E-state index contributed by atoms with van der Waals surface area (Å²) in [5.74, 6) is -1.20. The number of nitrogens with zero attached hydrogens (tertiary/aromatic N) is 1. The SMILES string of the molecule is COc1ccc(NC(=O)C(C(=O)N/N=C/c2ccc(O)cc2)C(C)C)cc1. The largest absolute Gasteiger partial charge is 0.508 e. The van der Waals surface area contributed by atoms with Crippen molar-refractivity contribution in [2.75, 3.05) is 12.4 Å². The third kappa shape index (κ3) is 5.85. The van der Waals surface area contributed by atoms with E-state index in [1.165, 1.54) is 18.3 Å². The van der Waals surface area contributed by atoms with Crippen LogP contribution in [0.25, 0.3) is 0 Å². The molecular weight excluding hydrogens is 346 g/mol. The molecule has 0 aliphatic rings. The van der Waals surface area contributed by atoms with Crippen LogP contribution in [0.3, 0.4) is 0 Å². The maximum absolute atomic E-state index is 12.5. The van der Waals surface area contributed by atoms with Crippen LogP contribution in [0.1, 0.15) is 19.4 Å². The number of carbonyl (C=O) groups excluding carboxylic acids is 2. The van der Waals surface area contributed by atoms with Crippen LogP contribution in [0.5, 0.6) is 11.5 Å². The topological polar surface area (TPSA) is 100 Å². The molecule has 0 spiro atoms. The number of nitrogens with one attached hydrogen (secondary N) is 2. The predicted octanol–water partition coefficient (Wildman–Crippen LogP) is 2.76. The number of phenolic OH excluding ortho intramolecular Hbond substituents is 1. The van der Waals surface area contributed by atoms with Gasteiger partial charge in [-0.2, -0.15) is 5.10 Å². The number of hydrogen-bond donors (Lipinski definition) is 3. The molecule has 7 heteroatoms. The lowest BCUT2D eigenvalue weighted by atomic mass is 9.94. The Morgan fingerprint density at radius 2 is 1.67 bits per heavy atom. The molecule has 2 rings (SSSR count). The van der Waals surface area contributed by atoms with Gasteiger partial charge in [0.15, 0.2) is 0 Å². The Morgan fingerprint density at radius 1 is 1.04 bits per heavy atom. The fraction of sp³-hybridized carbons (Fsp3) is 0.250. The highest BCUT2D eigenvalue weighted by Gasteiger charge is 2.29. The van der Waals surface area contributed by atoms with Crippen molar-refractivity contribution in [3.8, 4) is 11.5 Å². The summed E-state index contributed by atoms with van der Waals surface area (Å²) in [5, 5.41) is 15.9. The number of methoxy groups -OCH3 is 1. The lowest BCUT2D eigenvalue weighted by molar-refractivity contribution is -0.134. The van der Waals surface area contributed by atoms with Gasteiger partial charge in [-0.05, 0) is 60.0 Å². The maximum atomic E-state index is 12.5. The number of ether oxygens (including phenoxy) is 1. The molecule has 0 aliphatic carbocycles. The minimum atomic E-state index is -0.899. The van der Waals surface area contributed by atoms with Gasteiger partial charge in [-0.1, -0.05) is 13.8 Å². The van der Waals surface area contributed by atoms with Crippen LogP contribution in [-0.4, -0.2) is 30.2 Å². The van der Waals surface area contributed by atoms with Crippen LogP contribution in [0.4, 0.5) is 5.69 Å². The monoisotopic (exact) mass is 369 g/mol. The van der Waals surface area contributed by atoms with Gasteiger partial charge in [0.25, 0.3) is 5.91 Å². The van der Waals surface area contributed by atoms with Crippen molar-refractivity contribution in [1.82, 2.24) is 5.43 Å². The number of aromatic hydroxyl groups is 1. The molecule has 2 aromatic carbocycles. The summed E-state index contributed by atoms with van der Waals surface area (Å²) in [7, 11) is 1.56. The first-order chi connectivity index (χ1) is 12.9. The van der Waals surface area contributed by atoms with E-state index in [9.17, 15) is 14.7 Å². The molecule has 0 fully saturated rings. The van der Waals surface area contributed by atoms with Gasteiger partial charge in [-0.25, -0.2) is 5.43 Å². The highest BCUT2D eigenvalue weighted by molar-refractivity contribution is 6.06. The lowest BCUT2D eigenvalue weighted by Gasteiger charge is -2.18. The van der Waals surface area contributed by atoms with E-state index in [-0.39, 0.29) is 11.7 Å². The van der Waals surface area contributed by atoms with E-state index in [1.54, 1.807) is 57.4 Å². The van der Waals surface area contributed by atoms with Crippen molar-refractivity contribution in [3.63, 3.8) is 0 Å². The molecule has 2 aromatic rings. The first kappa shape index (κ1) is 20.0. The molecule has 0 aromatic heterocycles. The molecule has 0 radical (unpaired) electrons. The summed E-state index contributed by atoms with van der Waals surface area (Å²) >= 11 is 0. The first-order valence-electron chi connectivity index (χ1n) is 8.47. The van der Waals surface area contributed by atoms with E-state index in [0.29, 0.717) is 17.0 Å². The number of rotatable bonds is 7. The maximum Gasteiger partial charge on any atom is 0.252 e. The summed E-state index contributed by atoms with van der Waals surface area (Å²) in [5.41, 5.74) is 3.68. The van der Waals surface area contributed by atoms with Gasteiger partial charge >= 0.3 is 0 Å². The van der Waals surface area contributed by atoms with Crippen molar-refractivity contribution in [2.45, 2.75) is 13.8 Å². The molecule has 1 atom stereocenters. The third-order valence-corrected chi connectivity index (χ3v) is 3.87. The molecule has 0 heterocycles. The number of amides is 2. The van der Waals surface area contributed by atoms with Gasteiger partial charge in [0.1, 0.15) is 17.4 Å². The number of phenols is 1. The van der Waals surface area contributed by atoms with Gasteiger partial charge in [-0.3, -0.25) is 9.59 Å². The Morgan fingerprint density at radius 3 is 2.22 bits per heavy atom. The summed E-state index contributed by atoms with van der Waals surface area (Å²) in [6, 6.07) is 13.2. The fourth-order valence-electron chi connectivity index (χ4n) is 2.42. The molecular formula is C20H23N3O4. The van der Waals surface area contributed by atoms with Crippen LogP contribution in [0.2, 0.25) is 0 Å².